The first-order chi connectivity index (χ1) is 13.7. The highest BCUT2D eigenvalue weighted by atomic mass is 16.2. The standard InChI is InChI=1S/C21H35N7O2/c1-20(2,3)22-10-9-17(29)23-14-11-15(27(7)12-14)18(30)24-16-13-28(8)19(25-16)26-21(4,5)6/h11-13,22H,9-10H2,1-8H3,(H,23,29)(H,24,30)(H,25,26). The molecule has 166 valence electrons. The molecular formula is C21H35N7O2. The van der Waals surface area contributed by atoms with Crippen LogP contribution in [0, 0.1) is 0 Å². The Hall–Kier alpha value is -2.81. The summed E-state index contributed by atoms with van der Waals surface area (Å²) in [6, 6.07) is 1.65. The average molecular weight is 418 g/mol. The number of aromatic nitrogens is 3. The lowest BCUT2D eigenvalue weighted by Gasteiger charge is -2.20. The van der Waals surface area contributed by atoms with Gasteiger partial charge in [-0.1, -0.05) is 0 Å². The van der Waals surface area contributed by atoms with Crippen molar-refractivity contribution in [1.29, 1.82) is 0 Å². The molecule has 0 bridgehead atoms. The van der Waals surface area contributed by atoms with Crippen LogP contribution in [-0.4, -0.2) is 43.6 Å². The van der Waals surface area contributed by atoms with E-state index >= 15 is 0 Å². The Morgan fingerprint density at radius 2 is 1.63 bits per heavy atom. The molecule has 2 rings (SSSR count). The molecule has 2 aromatic rings. The van der Waals surface area contributed by atoms with Crippen LogP contribution in [0.15, 0.2) is 18.5 Å². The van der Waals surface area contributed by atoms with Crippen molar-refractivity contribution < 1.29 is 9.59 Å². The van der Waals surface area contributed by atoms with E-state index in [-0.39, 0.29) is 22.9 Å². The van der Waals surface area contributed by atoms with Gasteiger partial charge in [0.05, 0.1) is 5.69 Å². The van der Waals surface area contributed by atoms with Gasteiger partial charge in [-0.3, -0.25) is 9.59 Å². The highest BCUT2D eigenvalue weighted by molar-refractivity contribution is 6.04. The molecule has 0 radical (unpaired) electrons. The van der Waals surface area contributed by atoms with Gasteiger partial charge in [-0.15, -0.1) is 0 Å². The Balaban J connectivity index is 1.99. The minimum Gasteiger partial charge on any atom is -0.351 e. The Bertz CT molecular complexity index is 898. The van der Waals surface area contributed by atoms with Gasteiger partial charge in [0.25, 0.3) is 5.91 Å². The second-order valence-corrected chi connectivity index (χ2v) is 9.59. The average Bonchev–Trinajstić information content (AvgIpc) is 3.07. The number of nitrogens with zero attached hydrogens (tertiary/aromatic N) is 3. The smallest absolute Gasteiger partial charge is 0.273 e. The first-order valence-corrected chi connectivity index (χ1v) is 10.1. The number of aryl methyl sites for hydroxylation is 2. The molecule has 0 spiro atoms. The van der Waals surface area contributed by atoms with Gasteiger partial charge in [-0.25, -0.2) is 0 Å². The van der Waals surface area contributed by atoms with Gasteiger partial charge in [0.15, 0.2) is 5.82 Å². The topological polar surface area (TPSA) is 105 Å². The van der Waals surface area contributed by atoms with Gasteiger partial charge in [0, 0.05) is 50.5 Å². The van der Waals surface area contributed by atoms with E-state index in [0.29, 0.717) is 36.1 Å². The Morgan fingerprint density at radius 3 is 2.23 bits per heavy atom. The zero-order valence-electron chi connectivity index (χ0n) is 19.3. The van der Waals surface area contributed by atoms with Crippen LogP contribution < -0.4 is 21.3 Å². The number of hydrogen-bond acceptors (Lipinski definition) is 5. The molecule has 0 unspecified atom stereocenters. The Kier molecular flexibility index (Phi) is 6.97. The van der Waals surface area contributed by atoms with Gasteiger partial charge in [0.1, 0.15) is 5.69 Å². The fraction of sp³-hybridized carbons (Fsp3) is 0.571. The molecule has 9 nitrogen and oxygen atoms in total. The first kappa shape index (κ1) is 23.5. The van der Waals surface area contributed by atoms with Gasteiger partial charge in [-0.05, 0) is 47.6 Å². The molecule has 2 amide bonds. The lowest BCUT2D eigenvalue weighted by Crippen LogP contribution is -2.37. The largest absolute Gasteiger partial charge is 0.351 e. The number of carbonyl (C=O) groups excluding carboxylic acids is 2. The van der Waals surface area contributed by atoms with E-state index < -0.39 is 0 Å². The third-order valence-corrected chi connectivity index (χ3v) is 4.13. The highest BCUT2D eigenvalue weighted by Gasteiger charge is 2.18. The number of nitrogens with one attached hydrogen (secondary N) is 4. The molecule has 0 aliphatic carbocycles. The number of hydrogen-bond donors (Lipinski definition) is 4. The van der Waals surface area contributed by atoms with Crippen molar-refractivity contribution in [3.8, 4) is 0 Å². The first-order valence-electron chi connectivity index (χ1n) is 10.1. The Morgan fingerprint density at radius 1 is 0.967 bits per heavy atom. The molecule has 0 aliphatic rings. The summed E-state index contributed by atoms with van der Waals surface area (Å²) in [5, 5.41) is 12.2. The van der Waals surface area contributed by atoms with Crippen LogP contribution in [0.2, 0.25) is 0 Å². The maximum absolute atomic E-state index is 12.7. The fourth-order valence-electron chi connectivity index (χ4n) is 2.79. The molecule has 4 N–H and O–H groups in total. The maximum Gasteiger partial charge on any atom is 0.273 e. The van der Waals surface area contributed by atoms with Crippen LogP contribution in [-0.2, 0) is 18.9 Å². The molecule has 0 saturated heterocycles. The summed E-state index contributed by atoms with van der Waals surface area (Å²) in [4.78, 5) is 29.3. The second-order valence-electron chi connectivity index (χ2n) is 9.59. The third-order valence-electron chi connectivity index (χ3n) is 4.13. The molecule has 0 aromatic carbocycles. The van der Waals surface area contributed by atoms with Crippen LogP contribution in [0.5, 0.6) is 0 Å². The van der Waals surface area contributed by atoms with Crippen molar-refractivity contribution in [2.75, 3.05) is 22.5 Å². The summed E-state index contributed by atoms with van der Waals surface area (Å²) >= 11 is 0. The molecule has 30 heavy (non-hydrogen) atoms. The number of carbonyl (C=O) groups is 2. The number of anilines is 3. The van der Waals surface area contributed by atoms with E-state index in [9.17, 15) is 9.59 Å². The molecule has 9 heteroatoms. The minimum absolute atomic E-state index is 0.0357. The van der Waals surface area contributed by atoms with Crippen molar-refractivity contribution >= 4 is 29.3 Å². The normalized spacial score (nSPS) is 12.0. The van der Waals surface area contributed by atoms with Gasteiger partial charge in [0.2, 0.25) is 11.9 Å². The lowest BCUT2D eigenvalue weighted by molar-refractivity contribution is -0.116. The number of amides is 2. The van der Waals surface area contributed by atoms with E-state index in [4.69, 9.17) is 0 Å². The Labute approximate surface area is 178 Å². The molecule has 2 heterocycles. The van der Waals surface area contributed by atoms with Crippen LogP contribution in [0.25, 0.3) is 0 Å². The van der Waals surface area contributed by atoms with Crippen LogP contribution in [0.1, 0.15) is 58.5 Å². The predicted molar refractivity (Wildman–Crippen MR) is 121 cm³/mol. The van der Waals surface area contributed by atoms with E-state index in [1.807, 2.05) is 32.4 Å². The van der Waals surface area contributed by atoms with Crippen LogP contribution in [0.4, 0.5) is 17.5 Å². The summed E-state index contributed by atoms with van der Waals surface area (Å²) in [7, 11) is 3.62. The van der Waals surface area contributed by atoms with Gasteiger partial charge < -0.3 is 30.4 Å². The molecular weight excluding hydrogens is 382 g/mol. The summed E-state index contributed by atoms with van der Waals surface area (Å²) < 4.78 is 3.50. The van der Waals surface area contributed by atoms with E-state index in [1.54, 1.807) is 30.1 Å². The zero-order chi connectivity index (χ0) is 22.7. The SMILES string of the molecule is Cn1cc(NC(=O)CCNC(C)(C)C)cc1C(=O)Nc1cn(C)c(NC(C)(C)C)n1. The quantitative estimate of drug-likeness (QED) is 0.554. The lowest BCUT2D eigenvalue weighted by atomic mass is 10.1. The van der Waals surface area contributed by atoms with E-state index in [2.05, 4.69) is 47.0 Å². The minimum atomic E-state index is -0.298. The number of imidazole rings is 1. The van der Waals surface area contributed by atoms with Crippen molar-refractivity contribution in [2.45, 2.75) is 59.0 Å². The van der Waals surface area contributed by atoms with Crippen LogP contribution in [0.3, 0.4) is 0 Å². The van der Waals surface area contributed by atoms with Crippen LogP contribution >= 0.6 is 0 Å². The summed E-state index contributed by atoms with van der Waals surface area (Å²) in [5.74, 6) is 0.718. The van der Waals surface area contributed by atoms with Gasteiger partial charge in [-0.2, -0.15) is 4.98 Å². The molecule has 0 aliphatic heterocycles. The van der Waals surface area contributed by atoms with Gasteiger partial charge >= 0.3 is 0 Å². The second kappa shape index (κ2) is 8.91. The van der Waals surface area contributed by atoms with Crippen molar-refractivity contribution in [2.24, 2.45) is 14.1 Å². The monoisotopic (exact) mass is 417 g/mol. The molecule has 0 fully saturated rings. The number of rotatable bonds is 7. The van der Waals surface area contributed by atoms with Crippen molar-refractivity contribution in [3.05, 3.63) is 24.2 Å². The van der Waals surface area contributed by atoms with Crippen molar-refractivity contribution in [1.82, 2.24) is 19.4 Å². The van der Waals surface area contributed by atoms with Crippen molar-refractivity contribution in [3.63, 3.8) is 0 Å². The zero-order valence-corrected chi connectivity index (χ0v) is 19.3. The predicted octanol–water partition coefficient (Wildman–Crippen LogP) is 2.94. The molecule has 0 saturated carbocycles. The summed E-state index contributed by atoms with van der Waals surface area (Å²) in [6.45, 7) is 12.9. The maximum atomic E-state index is 12.7. The summed E-state index contributed by atoms with van der Waals surface area (Å²) in [5.41, 5.74) is 0.827. The summed E-state index contributed by atoms with van der Waals surface area (Å²) in [6.07, 6.45) is 3.82. The third kappa shape index (κ3) is 7.22. The molecule has 0 atom stereocenters. The molecule has 2 aromatic heterocycles. The van der Waals surface area contributed by atoms with E-state index in [0.717, 1.165) is 0 Å². The highest BCUT2D eigenvalue weighted by Crippen LogP contribution is 2.18. The fourth-order valence-corrected chi connectivity index (χ4v) is 2.79. The van der Waals surface area contributed by atoms with E-state index in [1.165, 1.54) is 0 Å².